The van der Waals surface area contributed by atoms with E-state index in [0.717, 1.165) is 43.4 Å². The third-order valence-electron chi connectivity index (χ3n) is 2.98. The Hall–Kier alpha value is -1.23. The molecule has 0 radical (unpaired) electrons. The van der Waals surface area contributed by atoms with Crippen molar-refractivity contribution in [2.75, 3.05) is 24.5 Å². The second-order valence-corrected chi connectivity index (χ2v) is 4.12. The Morgan fingerprint density at radius 1 is 1.33 bits per heavy atom. The van der Waals surface area contributed by atoms with Gasteiger partial charge in [0.05, 0.1) is 11.4 Å². The van der Waals surface area contributed by atoms with Crippen molar-refractivity contribution in [1.82, 2.24) is 15.2 Å². The number of hydrogen-bond donors (Lipinski definition) is 1. The van der Waals surface area contributed by atoms with Gasteiger partial charge in [-0.05, 0) is 32.7 Å². The number of hydrogen-bond acceptors (Lipinski definition) is 5. The highest BCUT2D eigenvalue weighted by molar-refractivity contribution is 5.31. The molecule has 1 saturated heterocycles. The van der Waals surface area contributed by atoms with Crippen molar-refractivity contribution < 1.29 is 0 Å². The van der Waals surface area contributed by atoms with Crippen molar-refractivity contribution >= 4 is 5.95 Å². The van der Waals surface area contributed by atoms with Crippen molar-refractivity contribution in [3.05, 3.63) is 11.4 Å². The second kappa shape index (κ2) is 4.10. The van der Waals surface area contributed by atoms with E-state index < -0.39 is 0 Å². The lowest BCUT2D eigenvalue weighted by atomic mass is 10.1. The summed E-state index contributed by atoms with van der Waals surface area (Å²) in [5.74, 6) is 1.32. The largest absolute Gasteiger partial charge is 0.339 e. The Kier molecular flexibility index (Phi) is 2.81. The number of anilines is 1. The van der Waals surface area contributed by atoms with Crippen LogP contribution in [0.15, 0.2) is 0 Å². The van der Waals surface area contributed by atoms with Gasteiger partial charge in [-0.2, -0.15) is 5.10 Å². The van der Waals surface area contributed by atoms with E-state index >= 15 is 0 Å². The van der Waals surface area contributed by atoms with Crippen LogP contribution in [0.4, 0.5) is 5.95 Å². The normalized spacial score (nSPS) is 21.0. The first kappa shape index (κ1) is 10.3. The van der Waals surface area contributed by atoms with Gasteiger partial charge < -0.3 is 10.6 Å². The van der Waals surface area contributed by atoms with Crippen LogP contribution in [-0.2, 0) is 0 Å². The Bertz CT molecular complexity index is 352. The minimum absolute atomic E-state index is 0.579. The molecule has 1 fully saturated rings. The van der Waals surface area contributed by atoms with E-state index in [0.29, 0.717) is 5.92 Å². The predicted molar refractivity (Wildman–Crippen MR) is 58.7 cm³/mol. The van der Waals surface area contributed by atoms with Crippen molar-refractivity contribution in [2.24, 2.45) is 11.7 Å². The average Bonchev–Trinajstić information content (AvgIpc) is 2.70. The van der Waals surface area contributed by atoms with Crippen LogP contribution < -0.4 is 10.6 Å². The van der Waals surface area contributed by atoms with E-state index in [2.05, 4.69) is 20.1 Å². The van der Waals surface area contributed by atoms with Crippen LogP contribution in [0.3, 0.4) is 0 Å². The zero-order valence-corrected chi connectivity index (χ0v) is 9.27. The molecule has 15 heavy (non-hydrogen) atoms. The lowest BCUT2D eigenvalue weighted by Crippen LogP contribution is -2.25. The fourth-order valence-electron chi connectivity index (χ4n) is 1.79. The topological polar surface area (TPSA) is 67.9 Å². The van der Waals surface area contributed by atoms with Gasteiger partial charge in [-0.25, -0.2) is 4.98 Å². The molecular formula is C10H17N5. The smallest absolute Gasteiger partial charge is 0.245 e. The second-order valence-electron chi connectivity index (χ2n) is 4.12. The van der Waals surface area contributed by atoms with Gasteiger partial charge in [-0.1, -0.05) is 0 Å². The van der Waals surface area contributed by atoms with E-state index in [9.17, 15) is 0 Å². The lowest BCUT2D eigenvalue weighted by molar-refractivity contribution is 0.601. The Morgan fingerprint density at radius 3 is 2.73 bits per heavy atom. The van der Waals surface area contributed by atoms with Crippen LogP contribution in [0.5, 0.6) is 0 Å². The number of aromatic nitrogens is 3. The van der Waals surface area contributed by atoms with Crippen molar-refractivity contribution in [3.8, 4) is 0 Å². The van der Waals surface area contributed by atoms with E-state index in [1.165, 1.54) is 0 Å². The summed E-state index contributed by atoms with van der Waals surface area (Å²) in [5.41, 5.74) is 7.50. The highest BCUT2D eigenvalue weighted by atomic mass is 15.3. The molecular weight excluding hydrogens is 190 g/mol. The summed E-state index contributed by atoms with van der Waals surface area (Å²) >= 11 is 0. The molecule has 1 aromatic heterocycles. The molecule has 0 saturated carbocycles. The first-order chi connectivity index (χ1) is 7.20. The Balaban J connectivity index is 2.13. The van der Waals surface area contributed by atoms with Crippen molar-refractivity contribution in [1.29, 1.82) is 0 Å². The van der Waals surface area contributed by atoms with Gasteiger partial charge in [0.1, 0.15) is 0 Å². The molecule has 1 aliphatic heterocycles. The minimum atomic E-state index is 0.579. The highest BCUT2D eigenvalue weighted by Crippen LogP contribution is 2.19. The van der Waals surface area contributed by atoms with E-state index in [4.69, 9.17) is 5.73 Å². The maximum absolute atomic E-state index is 5.65. The zero-order chi connectivity index (χ0) is 10.8. The van der Waals surface area contributed by atoms with E-state index in [1.54, 1.807) is 0 Å². The molecule has 2 heterocycles. The maximum atomic E-state index is 5.65. The van der Waals surface area contributed by atoms with Crippen LogP contribution >= 0.6 is 0 Å². The Labute approximate surface area is 89.7 Å². The van der Waals surface area contributed by atoms with Crippen LogP contribution in [-0.4, -0.2) is 34.8 Å². The zero-order valence-electron chi connectivity index (χ0n) is 9.27. The first-order valence-electron chi connectivity index (χ1n) is 5.33. The van der Waals surface area contributed by atoms with Gasteiger partial charge in [0.25, 0.3) is 0 Å². The van der Waals surface area contributed by atoms with Crippen LogP contribution in [0.25, 0.3) is 0 Å². The van der Waals surface area contributed by atoms with Crippen molar-refractivity contribution in [2.45, 2.75) is 20.3 Å². The summed E-state index contributed by atoms with van der Waals surface area (Å²) in [6, 6.07) is 0. The third-order valence-corrected chi connectivity index (χ3v) is 2.98. The molecule has 2 N–H and O–H groups in total. The molecule has 0 aromatic carbocycles. The molecule has 2 rings (SSSR count). The molecule has 1 aliphatic rings. The van der Waals surface area contributed by atoms with Gasteiger partial charge in [0.15, 0.2) is 0 Å². The van der Waals surface area contributed by atoms with Crippen LogP contribution in [0.2, 0.25) is 0 Å². The van der Waals surface area contributed by atoms with E-state index in [-0.39, 0.29) is 0 Å². The van der Waals surface area contributed by atoms with Gasteiger partial charge in [-0.15, -0.1) is 5.10 Å². The quantitative estimate of drug-likeness (QED) is 0.754. The number of nitrogens with two attached hydrogens (primary N) is 1. The van der Waals surface area contributed by atoms with Gasteiger partial charge in [0, 0.05) is 13.1 Å². The third kappa shape index (κ3) is 2.07. The fraction of sp³-hybridized carbons (Fsp3) is 0.700. The van der Waals surface area contributed by atoms with Crippen molar-refractivity contribution in [3.63, 3.8) is 0 Å². The molecule has 0 amide bonds. The Morgan fingerprint density at radius 2 is 2.13 bits per heavy atom. The lowest BCUT2D eigenvalue weighted by Gasteiger charge is -2.15. The number of aryl methyl sites for hydroxylation is 2. The molecule has 5 heteroatoms. The SMILES string of the molecule is Cc1nnc(N2CCC(CN)C2)nc1C. The summed E-state index contributed by atoms with van der Waals surface area (Å²) < 4.78 is 0. The first-order valence-corrected chi connectivity index (χ1v) is 5.33. The molecule has 0 aliphatic carbocycles. The molecule has 1 aromatic rings. The number of nitrogens with zero attached hydrogens (tertiary/aromatic N) is 4. The standard InChI is InChI=1S/C10H17N5/c1-7-8(2)13-14-10(12-7)15-4-3-9(5-11)6-15/h9H,3-6,11H2,1-2H3. The van der Waals surface area contributed by atoms with E-state index in [1.807, 2.05) is 13.8 Å². The monoisotopic (exact) mass is 207 g/mol. The summed E-state index contributed by atoms with van der Waals surface area (Å²) in [6.07, 6.45) is 1.13. The predicted octanol–water partition coefficient (Wildman–Crippen LogP) is 0.273. The van der Waals surface area contributed by atoms with Gasteiger partial charge in [-0.3, -0.25) is 0 Å². The maximum Gasteiger partial charge on any atom is 0.245 e. The molecule has 1 atom stereocenters. The molecule has 0 bridgehead atoms. The minimum Gasteiger partial charge on any atom is -0.339 e. The number of rotatable bonds is 2. The highest BCUT2D eigenvalue weighted by Gasteiger charge is 2.23. The van der Waals surface area contributed by atoms with Gasteiger partial charge in [0.2, 0.25) is 5.95 Å². The van der Waals surface area contributed by atoms with Crippen LogP contribution in [0, 0.1) is 19.8 Å². The summed E-state index contributed by atoms with van der Waals surface area (Å²) in [7, 11) is 0. The molecule has 0 spiro atoms. The van der Waals surface area contributed by atoms with Crippen LogP contribution in [0.1, 0.15) is 17.8 Å². The molecule has 82 valence electrons. The fourth-order valence-corrected chi connectivity index (χ4v) is 1.79. The summed E-state index contributed by atoms with van der Waals surface area (Å²) in [4.78, 5) is 6.60. The summed E-state index contributed by atoms with van der Waals surface area (Å²) in [5, 5.41) is 8.20. The summed E-state index contributed by atoms with van der Waals surface area (Å²) in [6.45, 7) is 6.58. The molecule has 5 nitrogen and oxygen atoms in total. The average molecular weight is 207 g/mol. The molecule has 1 unspecified atom stereocenters. The van der Waals surface area contributed by atoms with Gasteiger partial charge >= 0.3 is 0 Å².